The van der Waals surface area contributed by atoms with Crippen molar-refractivity contribution >= 4 is 30.6 Å². The highest BCUT2D eigenvalue weighted by Crippen LogP contribution is 2.43. The number of nitrogens with two attached hydrogens (primary N) is 1. The van der Waals surface area contributed by atoms with E-state index in [4.69, 9.17) is 19.7 Å². The molecule has 0 amide bonds. The molecular formula is C17H29N6O6P. The fraction of sp³-hybridized carbons (Fsp3) is 0.647. The van der Waals surface area contributed by atoms with Crippen LogP contribution in [-0.4, -0.2) is 57.7 Å². The number of imidazole rings is 1. The molecule has 0 aromatic carbocycles. The number of unbranched alkanes of at least 4 members (excludes halogenated alkanes) is 1. The number of hydrogen-bond donors (Lipinski definition) is 3. The van der Waals surface area contributed by atoms with Gasteiger partial charge >= 0.3 is 5.97 Å². The van der Waals surface area contributed by atoms with E-state index in [2.05, 4.69) is 20.0 Å². The lowest BCUT2D eigenvalue weighted by atomic mass is 10.4. The van der Waals surface area contributed by atoms with Gasteiger partial charge in [-0.15, -0.1) is 0 Å². The van der Waals surface area contributed by atoms with Crippen LogP contribution in [0.15, 0.2) is 11.1 Å². The summed E-state index contributed by atoms with van der Waals surface area (Å²) in [5, 5.41) is 2.72. The number of aromatic amines is 1. The average molecular weight is 444 g/mol. The summed E-state index contributed by atoms with van der Waals surface area (Å²) in [5.74, 6) is -0.531. The maximum absolute atomic E-state index is 13.1. The van der Waals surface area contributed by atoms with Gasteiger partial charge in [-0.3, -0.25) is 19.1 Å². The van der Waals surface area contributed by atoms with Gasteiger partial charge < -0.3 is 24.3 Å². The van der Waals surface area contributed by atoms with E-state index in [1.54, 1.807) is 18.4 Å². The fourth-order valence-corrected chi connectivity index (χ4v) is 4.28. The zero-order valence-corrected chi connectivity index (χ0v) is 18.3. The topological polar surface area (TPSA) is 163 Å². The summed E-state index contributed by atoms with van der Waals surface area (Å²) in [5.41, 5.74) is 5.65. The number of H-pyrrole nitrogens is 1. The Kier molecular flexibility index (Phi) is 8.97. The number of anilines is 1. The number of carbonyl (C=O) groups excluding carboxylic acids is 1. The highest BCUT2D eigenvalue weighted by Gasteiger charge is 2.29. The van der Waals surface area contributed by atoms with Crippen molar-refractivity contribution in [3.63, 3.8) is 0 Å². The molecule has 168 valence electrons. The minimum absolute atomic E-state index is 0.0128. The summed E-state index contributed by atoms with van der Waals surface area (Å²) in [7, 11) is -3.44. The summed E-state index contributed by atoms with van der Waals surface area (Å²) >= 11 is 0. The Labute approximate surface area is 174 Å². The van der Waals surface area contributed by atoms with Gasteiger partial charge in [0.15, 0.2) is 11.2 Å². The van der Waals surface area contributed by atoms with Crippen molar-refractivity contribution in [1.82, 2.24) is 24.6 Å². The quantitative estimate of drug-likeness (QED) is 0.232. The molecule has 2 heterocycles. The van der Waals surface area contributed by atoms with Crippen LogP contribution < -0.4 is 16.4 Å². The fourth-order valence-electron chi connectivity index (χ4n) is 2.57. The lowest BCUT2D eigenvalue weighted by Gasteiger charge is -2.23. The summed E-state index contributed by atoms with van der Waals surface area (Å²) in [6.07, 6.45) is 2.82. The normalized spacial score (nSPS) is 14.5. The number of hydrogen-bond acceptors (Lipinski definition) is 9. The largest absolute Gasteiger partial charge is 0.465 e. The summed E-state index contributed by atoms with van der Waals surface area (Å²) in [6.45, 7) is 6.19. The number of nitrogens with one attached hydrogen (secondary N) is 2. The van der Waals surface area contributed by atoms with Crippen molar-refractivity contribution in [3.8, 4) is 0 Å². The van der Waals surface area contributed by atoms with Crippen molar-refractivity contribution in [2.45, 2.75) is 46.2 Å². The van der Waals surface area contributed by atoms with E-state index in [0.29, 0.717) is 12.2 Å². The first-order valence-corrected chi connectivity index (χ1v) is 11.6. The molecule has 1 unspecified atom stereocenters. The van der Waals surface area contributed by atoms with Crippen molar-refractivity contribution in [1.29, 1.82) is 0 Å². The number of aromatic nitrogens is 4. The van der Waals surface area contributed by atoms with Crippen molar-refractivity contribution in [2.75, 3.05) is 31.9 Å². The van der Waals surface area contributed by atoms with E-state index in [1.165, 1.54) is 6.33 Å². The standard InChI is InChI=1S/C17H29N6O6P/c1-4-6-8-29-30(26,22-12(3)16(25)28-5-2)11-27-9-7-23-10-19-13-14(23)20-17(18)21-15(13)24/h10,12H,4-9,11H2,1-3H3,(H,22,26)(H3,18,20,21,24)/t12-,30?/m0/s1. The van der Waals surface area contributed by atoms with Crippen LogP contribution in [0.4, 0.5) is 5.95 Å². The molecule has 0 aliphatic heterocycles. The molecule has 0 saturated heterocycles. The number of esters is 1. The number of nitrogen functional groups attached to an aromatic ring is 1. The molecule has 0 spiro atoms. The van der Waals surface area contributed by atoms with Crippen molar-refractivity contribution in [2.24, 2.45) is 0 Å². The molecule has 30 heavy (non-hydrogen) atoms. The second-order valence-electron chi connectivity index (χ2n) is 6.56. The zero-order chi connectivity index (χ0) is 22.1. The SMILES string of the molecule is CCCCOP(=O)(COCCn1cnc2c(=O)[nH]c(N)nc21)N[C@@H](C)C(=O)OCC. The van der Waals surface area contributed by atoms with Crippen LogP contribution in [0, 0.1) is 0 Å². The molecule has 2 atom stereocenters. The second kappa shape index (κ2) is 11.2. The smallest absolute Gasteiger partial charge is 0.323 e. The van der Waals surface area contributed by atoms with Crippen LogP contribution in [0.3, 0.4) is 0 Å². The van der Waals surface area contributed by atoms with E-state index in [1.807, 2.05) is 6.92 Å². The highest BCUT2D eigenvalue weighted by atomic mass is 31.2. The Hall–Kier alpha value is -2.27. The molecule has 4 N–H and O–H groups in total. The van der Waals surface area contributed by atoms with Crippen LogP contribution in [0.25, 0.3) is 11.2 Å². The molecule has 2 aromatic rings. The Bertz CT molecular complexity index is 944. The lowest BCUT2D eigenvalue weighted by Crippen LogP contribution is -2.35. The summed E-state index contributed by atoms with van der Waals surface area (Å²) in [6, 6.07) is -0.808. The third-order valence-electron chi connectivity index (χ3n) is 4.06. The zero-order valence-electron chi connectivity index (χ0n) is 17.4. The van der Waals surface area contributed by atoms with Gasteiger partial charge in [-0.1, -0.05) is 13.3 Å². The molecule has 0 aliphatic rings. The third kappa shape index (κ3) is 6.63. The number of nitrogens with zero attached hydrogens (tertiary/aromatic N) is 3. The van der Waals surface area contributed by atoms with Crippen molar-refractivity contribution < 1.29 is 23.4 Å². The minimum Gasteiger partial charge on any atom is -0.465 e. The Morgan fingerprint density at radius 1 is 1.40 bits per heavy atom. The predicted octanol–water partition coefficient (Wildman–Crippen LogP) is 1.23. The minimum atomic E-state index is -3.44. The molecule has 2 aromatic heterocycles. The molecule has 0 aliphatic carbocycles. The molecule has 0 radical (unpaired) electrons. The number of fused-ring (bicyclic) bond motifs is 1. The summed E-state index contributed by atoms with van der Waals surface area (Å²) in [4.78, 5) is 34.1. The predicted molar refractivity (Wildman–Crippen MR) is 111 cm³/mol. The first-order valence-electron chi connectivity index (χ1n) is 9.76. The first-order chi connectivity index (χ1) is 14.3. The number of rotatable bonds is 13. The maximum Gasteiger partial charge on any atom is 0.323 e. The Morgan fingerprint density at radius 2 is 2.17 bits per heavy atom. The van der Waals surface area contributed by atoms with Crippen LogP contribution >= 0.6 is 7.52 Å². The monoisotopic (exact) mass is 444 g/mol. The van der Waals surface area contributed by atoms with Gasteiger partial charge in [0.2, 0.25) is 5.95 Å². The summed E-state index contributed by atoms with van der Waals surface area (Å²) < 4.78 is 30.7. The van der Waals surface area contributed by atoms with E-state index < -0.39 is 25.1 Å². The molecule has 0 saturated carbocycles. The van der Waals surface area contributed by atoms with Gasteiger partial charge in [0.25, 0.3) is 13.1 Å². The van der Waals surface area contributed by atoms with Gasteiger partial charge in [0.1, 0.15) is 12.4 Å². The van der Waals surface area contributed by atoms with E-state index in [0.717, 1.165) is 12.8 Å². The van der Waals surface area contributed by atoms with Crippen molar-refractivity contribution in [3.05, 3.63) is 16.7 Å². The molecule has 13 heteroatoms. The average Bonchev–Trinajstić information content (AvgIpc) is 3.09. The highest BCUT2D eigenvalue weighted by molar-refractivity contribution is 7.56. The molecular weight excluding hydrogens is 415 g/mol. The van der Waals surface area contributed by atoms with Crippen LogP contribution in [0.1, 0.15) is 33.6 Å². The van der Waals surface area contributed by atoms with Gasteiger partial charge in [-0.05, 0) is 20.3 Å². The molecule has 12 nitrogen and oxygen atoms in total. The van der Waals surface area contributed by atoms with Crippen LogP contribution in [-0.2, 0) is 29.9 Å². The second-order valence-corrected chi connectivity index (χ2v) is 8.68. The third-order valence-corrected chi connectivity index (χ3v) is 5.96. The van der Waals surface area contributed by atoms with Crippen LogP contribution in [0.2, 0.25) is 0 Å². The number of carbonyl (C=O) groups is 1. The van der Waals surface area contributed by atoms with Crippen LogP contribution in [0.5, 0.6) is 0 Å². The Morgan fingerprint density at radius 3 is 2.87 bits per heavy atom. The van der Waals surface area contributed by atoms with Gasteiger partial charge in [0.05, 0.1) is 26.1 Å². The Balaban J connectivity index is 1.97. The first kappa shape index (κ1) is 24.0. The van der Waals surface area contributed by atoms with E-state index >= 15 is 0 Å². The van der Waals surface area contributed by atoms with E-state index in [-0.39, 0.29) is 37.6 Å². The molecule has 0 bridgehead atoms. The molecule has 2 rings (SSSR count). The lowest BCUT2D eigenvalue weighted by molar-refractivity contribution is -0.144. The van der Waals surface area contributed by atoms with Gasteiger partial charge in [-0.25, -0.2) is 10.1 Å². The molecule has 0 fully saturated rings. The van der Waals surface area contributed by atoms with Gasteiger partial charge in [0, 0.05) is 6.54 Å². The maximum atomic E-state index is 13.1. The van der Waals surface area contributed by atoms with E-state index in [9.17, 15) is 14.2 Å². The van der Waals surface area contributed by atoms with Gasteiger partial charge in [-0.2, -0.15) is 4.98 Å². The number of ether oxygens (including phenoxy) is 2.